The molecule has 3 unspecified atom stereocenters. The van der Waals surface area contributed by atoms with Crippen molar-refractivity contribution in [2.75, 3.05) is 25.1 Å². The number of amides is 1. The molecule has 4 N–H and O–H groups in total. The van der Waals surface area contributed by atoms with E-state index in [0.29, 0.717) is 36.3 Å². The summed E-state index contributed by atoms with van der Waals surface area (Å²) in [6.07, 6.45) is 7.10. The van der Waals surface area contributed by atoms with Gasteiger partial charge in [0.15, 0.2) is 0 Å². The van der Waals surface area contributed by atoms with Crippen molar-refractivity contribution in [3.8, 4) is 0 Å². The largest absolute Gasteiger partial charge is 0.375 e. The summed E-state index contributed by atoms with van der Waals surface area (Å²) in [7, 11) is 0. The van der Waals surface area contributed by atoms with Gasteiger partial charge in [0.25, 0.3) is 5.91 Å². The van der Waals surface area contributed by atoms with E-state index in [-0.39, 0.29) is 30.5 Å². The van der Waals surface area contributed by atoms with Crippen molar-refractivity contribution in [1.29, 1.82) is 5.41 Å². The third-order valence-electron chi connectivity index (χ3n) is 7.20. The number of benzene rings is 1. The number of rotatable bonds is 8. The number of piperidine rings is 1. The van der Waals surface area contributed by atoms with Gasteiger partial charge in [-0.3, -0.25) is 4.79 Å². The van der Waals surface area contributed by atoms with Gasteiger partial charge in [-0.25, -0.2) is 9.97 Å². The smallest absolute Gasteiger partial charge is 0.257 e. The van der Waals surface area contributed by atoms with Gasteiger partial charge in [0, 0.05) is 37.2 Å². The molecule has 2 heterocycles. The number of fused-ring (bicyclic) bond motifs is 1. The first-order chi connectivity index (χ1) is 16.5. The van der Waals surface area contributed by atoms with E-state index in [9.17, 15) is 4.79 Å². The second kappa shape index (κ2) is 10.7. The number of carbonyl (C=O) groups is 1. The number of nitrogens with zero attached hydrogens (tertiary/aromatic N) is 4. The number of hydrogen-bond donors (Lipinski definition) is 3. The normalized spacial score (nSPS) is 22.9. The molecule has 1 aliphatic heterocycles. The van der Waals surface area contributed by atoms with Gasteiger partial charge in [0.1, 0.15) is 5.71 Å². The van der Waals surface area contributed by atoms with Crippen molar-refractivity contribution in [1.82, 2.24) is 14.9 Å². The Morgan fingerprint density at radius 3 is 2.56 bits per heavy atom. The highest BCUT2D eigenvalue weighted by molar-refractivity contribution is 6.30. The van der Waals surface area contributed by atoms with Crippen LogP contribution in [0, 0.1) is 17.2 Å². The molecule has 1 fully saturated rings. The van der Waals surface area contributed by atoms with Gasteiger partial charge >= 0.3 is 0 Å². The van der Waals surface area contributed by atoms with E-state index in [1.165, 1.54) is 11.1 Å². The summed E-state index contributed by atoms with van der Waals surface area (Å²) >= 11 is 0. The summed E-state index contributed by atoms with van der Waals surface area (Å²) in [5.41, 5.74) is 3.64. The van der Waals surface area contributed by atoms with E-state index >= 15 is 0 Å². The zero-order valence-corrected chi connectivity index (χ0v) is 19.8. The lowest BCUT2D eigenvalue weighted by Gasteiger charge is -2.42. The summed E-state index contributed by atoms with van der Waals surface area (Å²) in [5.74, 6) is 6.32. The SMILES string of the molecule is CC1C(COCC(C=N)=NN)CCN(C(=O)c2cnc(NC3Cc4ccccc4C3)nc2)C1C. The van der Waals surface area contributed by atoms with Crippen molar-refractivity contribution < 1.29 is 9.53 Å². The molecule has 34 heavy (non-hydrogen) atoms. The second-order valence-corrected chi connectivity index (χ2v) is 9.24. The maximum atomic E-state index is 13.2. The monoisotopic (exact) mass is 463 g/mol. The van der Waals surface area contributed by atoms with E-state index in [2.05, 4.69) is 58.5 Å². The number of ether oxygens (including phenoxy) is 1. The molecule has 1 amide bonds. The fourth-order valence-electron chi connectivity index (χ4n) is 4.92. The number of nitrogens with two attached hydrogens (primary N) is 1. The van der Waals surface area contributed by atoms with Crippen LogP contribution in [0.15, 0.2) is 41.8 Å². The molecule has 0 bridgehead atoms. The number of likely N-dealkylation sites (tertiary alicyclic amines) is 1. The maximum Gasteiger partial charge on any atom is 0.257 e. The molecule has 0 spiro atoms. The number of anilines is 1. The highest BCUT2D eigenvalue weighted by Crippen LogP contribution is 2.30. The zero-order chi connectivity index (χ0) is 24.1. The molecule has 2 aromatic rings. The molecular formula is C25H33N7O2. The van der Waals surface area contributed by atoms with Gasteiger partial charge in [0.2, 0.25) is 5.95 Å². The molecule has 1 aliphatic carbocycles. The molecule has 4 rings (SSSR count). The average molecular weight is 464 g/mol. The van der Waals surface area contributed by atoms with E-state index in [1.807, 2.05) is 4.90 Å². The lowest BCUT2D eigenvalue weighted by atomic mass is 9.81. The van der Waals surface area contributed by atoms with Crippen molar-refractivity contribution in [2.24, 2.45) is 22.8 Å². The number of nitrogens with one attached hydrogen (secondary N) is 2. The highest BCUT2D eigenvalue weighted by atomic mass is 16.5. The number of hydrazone groups is 1. The Morgan fingerprint density at radius 1 is 1.26 bits per heavy atom. The van der Waals surface area contributed by atoms with Gasteiger partial charge in [-0.15, -0.1) is 0 Å². The Bertz CT molecular complexity index is 1010. The van der Waals surface area contributed by atoms with Crippen LogP contribution in [-0.2, 0) is 17.6 Å². The molecule has 0 saturated carbocycles. The van der Waals surface area contributed by atoms with Crippen molar-refractivity contribution in [3.05, 3.63) is 53.3 Å². The predicted molar refractivity (Wildman–Crippen MR) is 132 cm³/mol. The molecule has 1 aromatic heterocycles. The summed E-state index contributed by atoms with van der Waals surface area (Å²) in [4.78, 5) is 23.9. The lowest BCUT2D eigenvalue weighted by Crippen LogP contribution is -2.50. The highest BCUT2D eigenvalue weighted by Gasteiger charge is 2.35. The van der Waals surface area contributed by atoms with E-state index < -0.39 is 0 Å². The third kappa shape index (κ3) is 5.25. The van der Waals surface area contributed by atoms with Crippen LogP contribution in [0.25, 0.3) is 0 Å². The number of aromatic nitrogens is 2. The molecule has 2 aliphatic rings. The second-order valence-electron chi connectivity index (χ2n) is 9.24. The fourth-order valence-corrected chi connectivity index (χ4v) is 4.92. The molecular weight excluding hydrogens is 430 g/mol. The van der Waals surface area contributed by atoms with Gasteiger partial charge < -0.3 is 26.2 Å². The quantitative estimate of drug-likeness (QED) is 0.313. The Balaban J connectivity index is 1.30. The van der Waals surface area contributed by atoms with Crippen LogP contribution in [0.3, 0.4) is 0 Å². The molecule has 3 atom stereocenters. The molecule has 1 aromatic carbocycles. The topological polar surface area (TPSA) is 130 Å². The van der Waals surface area contributed by atoms with Gasteiger partial charge in [-0.2, -0.15) is 5.10 Å². The fraction of sp³-hybridized carbons (Fsp3) is 0.480. The number of hydrogen-bond acceptors (Lipinski definition) is 8. The van der Waals surface area contributed by atoms with Crippen LogP contribution in [0.2, 0.25) is 0 Å². The van der Waals surface area contributed by atoms with Crippen LogP contribution in [0.5, 0.6) is 0 Å². The lowest BCUT2D eigenvalue weighted by molar-refractivity contribution is 0.0180. The third-order valence-corrected chi connectivity index (χ3v) is 7.20. The summed E-state index contributed by atoms with van der Waals surface area (Å²) in [6.45, 7) is 5.66. The van der Waals surface area contributed by atoms with Crippen LogP contribution in [0.4, 0.5) is 5.95 Å². The zero-order valence-electron chi connectivity index (χ0n) is 19.8. The van der Waals surface area contributed by atoms with Gasteiger partial charge in [-0.1, -0.05) is 31.2 Å². The first kappa shape index (κ1) is 23.8. The summed E-state index contributed by atoms with van der Waals surface area (Å²) < 4.78 is 5.71. The van der Waals surface area contributed by atoms with Gasteiger partial charge in [0.05, 0.1) is 18.8 Å². The minimum Gasteiger partial charge on any atom is -0.375 e. The minimum absolute atomic E-state index is 0.0418. The first-order valence-corrected chi connectivity index (χ1v) is 11.8. The summed E-state index contributed by atoms with van der Waals surface area (Å²) in [5, 5.41) is 14.1. The Hall–Kier alpha value is -3.33. The minimum atomic E-state index is -0.0418. The standard InChI is InChI=1S/C25H33N7O2/c1-16-17(2)32(8-7-20(16)14-34-15-23(11-26)31-27)24(33)21-12-28-25(29-13-21)30-22-9-18-5-3-4-6-19(18)10-22/h3-6,11-13,16-17,20,22,26H,7-10,14-15,27H2,1-2H3,(H,28,29,30). The van der Waals surface area contributed by atoms with Gasteiger partial charge in [-0.05, 0) is 49.1 Å². The van der Waals surface area contributed by atoms with Crippen LogP contribution >= 0.6 is 0 Å². The Morgan fingerprint density at radius 2 is 1.94 bits per heavy atom. The summed E-state index contributed by atoms with van der Waals surface area (Å²) in [6, 6.07) is 8.81. The van der Waals surface area contributed by atoms with Crippen LogP contribution in [-0.4, -0.2) is 64.5 Å². The maximum absolute atomic E-state index is 13.2. The average Bonchev–Trinajstić information content (AvgIpc) is 3.27. The predicted octanol–water partition coefficient (Wildman–Crippen LogP) is 2.52. The molecule has 180 valence electrons. The van der Waals surface area contributed by atoms with E-state index in [1.54, 1.807) is 12.4 Å². The molecule has 9 heteroatoms. The Labute approximate surface area is 200 Å². The molecule has 1 saturated heterocycles. The van der Waals surface area contributed by atoms with Crippen molar-refractivity contribution in [2.45, 2.75) is 45.2 Å². The first-order valence-electron chi connectivity index (χ1n) is 11.8. The van der Waals surface area contributed by atoms with E-state index in [0.717, 1.165) is 25.5 Å². The van der Waals surface area contributed by atoms with Crippen molar-refractivity contribution >= 4 is 23.8 Å². The Kier molecular flexibility index (Phi) is 7.52. The molecule has 0 radical (unpaired) electrons. The van der Waals surface area contributed by atoms with Crippen molar-refractivity contribution in [3.63, 3.8) is 0 Å². The molecule has 9 nitrogen and oxygen atoms in total. The van der Waals surface area contributed by atoms with Crippen LogP contribution in [0.1, 0.15) is 41.8 Å². The van der Waals surface area contributed by atoms with E-state index in [4.69, 9.17) is 16.0 Å². The van der Waals surface area contributed by atoms with Crippen LogP contribution < -0.4 is 11.2 Å². The number of carbonyl (C=O) groups excluding carboxylic acids is 1.